The molecular formula is C14H12BrN3S. The Morgan fingerprint density at radius 1 is 1.26 bits per heavy atom. The first-order valence-electron chi connectivity index (χ1n) is 5.83. The predicted molar refractivity (Wildman–Crippen MR) is 83.2 cm³/mol. The summed E-state index contributed by atoms with van der Waals surface area (Å²) in [6.07, 6.45) is 1.88. The first kappa shape index (κ1) is 12.4. The zero-order chi connectivity index (χ0) is 13.2. The van der Waals surface area contributed by atoms with Crippen molar-refractivity contribution in [2.45, 2.75) is 6.54 Å². The van der Waals surface area contributed by atoms with Crippen LogP contribution in [0.15, 0.2) is 51.8 Å². The SMILES string of the molecule is Nc1cn(Cc2ccccc2Br)nc1-c1ccsc1. The minimum Gasteiger partial charge on any atom is -0.396 e. The van der Waals surface area contributed by atoms with Gasteiger partial charge in [0, 0.05) is 21.6 Å². The van der Waals surface area contributed by atoms with E-state index < -0.39 is 0 Å². The van der Waals surface area contributed by atoms with Gasteiger partial charge in [0.1, 0.15) is 5.69 Å². The zero-order valence-corrected chi connectivity index (χ0v) is 12.5. The lowest BCUT2D eigenvalue weighted by atomic mass is 10.2. The maximum atomic E-state index is 6.03. The number of nitrogens with two attached hydrogens (primary N) is 1. The average molecular weight is 334 g/mol. The Bertz CT molecular complexity index is 689. The molecule has 2 N–H and O–H groups in total. The third-order valence-electron chi connectivity index (χ3n) is 2.87. The minimum absolute atomic E-state index is 0.704. The molecule has 0 aliphatic rings. The number of nitrogen functional groups attached to an aromatic ring is 1. The molecule has 0 amide bonds. The third-order valence-corrected chi connectivity index (χ3v) is 4.33. The normalized spacial score (nSPS) is 10.8. The van der Waals surface area contributed by atoms with E-state index in [1.165, 1.54) is 5.56 Å². The van der Waals surface area contributed by atoms with Crippen molar-refractivity contribution in [2.75, 3.05) is 5.73 Å². The molecule has 0 atom stereocenters. The average Bonchev–Trinajstić information content (AvgIpc) is 3.01. The third kappa shape index (κ3) is 2.57. The Balaban J connectivity index is 1.91. The summed E-state index contributed by atoms with van der Waals surface area (Å²) in [5.41, 5.74) is 9.86. The van der Waals surface area contributed by atoms with Gasteiger partial charge in [-0.1, -0.05) is 34.1 Å². The lowest BCUT2D eigenvalue weighted by molar-refractivity contribution is 0.688. The van der Waals surface area contributed by atoms with Crippen LogP contribution in [0.2, 0.25) is 0 Å². The molecule has 0 fully saturated rings. The molecular weight excluding hydrogens is 322 g/mol. The molecule has 1 aromatic carbocycles. The van der Waals surface area contributed by atoms with E-state index in [1.54, 1.807) is 11.3 Å². The highest BCUT2D eigenvalue weighted by molar-refractivity contribution is 9.10. The predicted octanol–water partition coefficient (Wildman–Crippen LogP) is 4.00. The molecule has 3 aromatic rings. The first-order valence-corrected chi connectivity index (χ1v) is 7.56. The van der Waals surface area contributed by atoms with E-state index in [9.17, 15) is 0 Å². The molecule has 0 saturated heterocycles. The second-order valence-electron chi connectivity index (χ2n) is 4.23. The maximum Gasteiger partial charge on any atom is 0.116 e. The van der Waals surface area contributed by atoms with Gasteiger partial charge in [-0.2, -0.15) is 16.4 Å². The molecule has 0 spiro atoms. The number of thiophene rings is 1. The standard InChI is InChI=1S/C14H12BrN3S/c15-12-4-2-1-3-10(12)7-18-8-13(16)14(17-18)11-5-6-19-9-11/h1-6,8-9H,7,16H2. The Labute approximate surface area is 123 Å². The second-order valence-corrected chi connectivity index (χ2v) is 5.87. The molecule has 0 saturated carbocycles. The molecule has 2 aromatic heterocycles. The molecule has 0 aliphatic carbocycles. The van der Waals surface area contributed by atoms with Gasteiger partial charge in [0.2, 0.25) is 0 Å². The summed E-state index contributed by atoms with van der Waals surface area (Å²) in [5.74, 6) is 0. The summed E-state index contributed by atoms with van der Waals surface area (Å²) in [6.45, 7) is 0.704. The fraction of sp³-hybridized carbons (Fsp3) is 0.0714. The van der Waals surface area contributed by atoms with Gasteiger partial charge in [0.15, 0.2) is 0 Å². The van der Waals surface area contributed by atoms with Crippen LogP contribution < -0.4 is 5.73 Å². The minimum atomic E-state index is 0.704. The van der Waals surface area contributed by atoms with Crippen LogP contribution in [0.25, 0.3) is 11.3 Å². The number of nitrogens with zero attached hydrogens (tertiary/aromatic N) is 2. The summed E-state index contributed by atoms with van der Waals surface area (Å²) in [7, 11) is 0. The van der Waals surface area contributed by atoms with Gasteiger partial charge in [-0.05, 0) is 23.1 Å². The van der Waals surface area contributed by atoms with Crippen LogP contribution in [0.3, 0.4) is 0 Å². The van der Waals surface area contributed by atoms with Gasteiger partial charge < -0.3 is 5.73 Å². The van der Waals surface area contributed by atoms with Crippen molar-refractivity contribution in [3.63, 3.8) is 0 Å². The Hall–Kier alpha value is -1.59. The molecule has 96 valence electrons. The number of aromatic nitrogens is 2. The van der Waals surface area contributed by atoms with Gasteiger partial charge in [-0.25, -0.2) is 0 Å². The first-order chi connectivity index (χ1) is 9.24. The van der Waals surface area contributed by atoms with Crippen LogP contribution >= 0.6 is 27.3 Å². The summed E-state index contributed by atoms with van der Waals surface area (Å²) >= 11 is 5.19. The van der Waals surface area contributed by atoms with E-state index in [-0.39, 0.29) is 0 Å². The van der Waals surface area contributed by atoms with E-state index >= 15 is 0 Å². The Morgan fingerprint density at radius 3 is 2.84 bits per heavy atom. The quantitative estimate of drug-likeness (QED) is 0.787. The number of hydrogen-bond donors (Lipinski definition) is 1. The van der Waals surface area contributed by atoms with E-state index in [0.717, 1.165) is 15.7 Å². The Kier molecular flexibility index (Phi) is 3.40. The Morgan fingerprint density at radius 2 is 2.11 bits per heavy atom. The van der Waals surface area contributed by atoms with Crippen molar-refractivity contribution in [3.8, 4) is 11.3 Å². The van der Waals surface area contributed by atoms with Crippen molar-refractivity contribution in [3.05, 3.63) is 57.3 Å². The molecule has 0 unspecified atom stereocenters. The lowest BCUT2D eigenvalue weighted by Gasteiger charge is -2.03. The molecule has 3 nitrogen and oxygen atoms in total. The zero-order valence-electron chi connectivity index (χ0n) is 10.1. The van der Waals surface area contributed by atoms with E-state index in [0.29, 0.717) is 12.2 Å². The molecule has 0 bridgehead atoms. The molecule has 0 radical (unpaired) electrons. The van der Waals surface area contributed by atoms with E-state index in [4.69, 9.17) is 5.73 Å². The molecule has 2 heterocycles. The maximum absolute atomic E-state index is 6.03. The van der Waals surface area contributed by atoms with Gasteiger partial charge in [-0.15, -0.1) is 0 Å². The topological polar surface area (TPSA) is 43.8 Å². The fourth-order valence-electron chi connectivity index (χ4n) is 1.94. The van der Waals surface area contributed by atoms with Crippen molar-refractivity contribution in [1.82, 2.24) is 9.78 Å². The van der Waals surface area contributed by atoms with Crippen molar-refractivity contribution < 1.29 is 0 Å². The van der Waals surface area contributed by atoms with Crippen LogP contribution in [-0.2, 0) is 6.54 Å². The molecule has 0 aliphatic heterocycles. The fourth-order valence-corrected chi connectivity index (χ4v) is 2.99. The largest absolute Gasteiger partial charge is 0.396 e. The monoisotopic (exact) mass is 333 g/mol. The van der Waals surface area contributed by atoms with Gasteiger partial charge in [0.25, 0.3) is 0 Å². The van der Waals surface area contributed by atoms with Gasteiger partial charge in [-0.3, -0.25) is 4.68 Å². The number of anilines is 1. The summed E-state index contributed by atoms with van der Waals surface area (Å²) in [5, 5.41) is 8.65. The van der Waals surface area contributed by atoms with Crippen LogP contribution in [0.5, 0.6) is 0 Å². The van der Waals surface area contributed by atoms with E-state index in [2.05, 4.69) is 32.5 Å². The van der Waals surface area contributed by atoms with Crippen LogP contribution in [0, 0.1) is 0 Å². The van der Waals surface area contributed by atoms with E-state index in [1.807, 2.05) is 40.5 Å². The smallest absolute Gasteiger partial charge is 0.116 e. The highest BCUT2D eigenvalue weighted by Gasteiger charge is 2.09. The van der Waals surface area contributed by atoms with Crippen molar-refractivity contribution in [1.29, 1.82) is 0 Å². The summed E-state index contributed by atoms with van der Waals surface area (Å²) in [4.78, 5) is 0. The molecule has 3 rings (SSSR count). The van der Waals surface area contributed by atoms with Gasteiger partial charge in [0.05, 0.1) is 12.2 Å². The number of rotatable bonds is 3. The van der Waals surface area contributed by atoms with Crippen LogP contribution in [-0.4, -0.2) is 9.78 Å². The van der Waals surface area contributed by atoms with Crippen molar-refractivity contribution >= 4 is 33.0 Å². The van der Waals surface area contributed by atoms with Gasteiger partial charge >= 0.3 is 0 Å². The number of hydrogen-bond acceptors (Lipinski definition) is 3. The highest BCUT2D eigenvalue weighted by Crippen LogP contribution is 2.26. The number of halogens is 1. The lowest BCUT2D eigenvalue weighted by Crippen LogP contribution is -2.00. The van der Waals surface area contributed by atoms with Crippen LogP contribution in [0.4, 0.5) is 5.69 Å². The van der Waals surface area contributed by atoms with Crippen LogP contribution in [0.1, 0.15) is 5.56 Å². The number of benzene rings is 1. The summed E-state index contributed by atoms with van der Waals surface area (Å²) in [6, 6.07) is 10.2. The molecule has 5 heteroatoms. The second kappa shape index (κ2) is 5.19. The van der Waals surface area contributed by atoms with Crippen molar-refractivity contribution in [2.24, 2.45) is 0 Å². The molecule has 19 heavy (non-hydrogen) atoms. The summed E-state index contributed by atoms with van der Waals surface area (Å²) < 4.78 is 2.96. The highest BCUT2D eigenvalue weighted by atomic mass is 79.9.